The molecular formula is C90H171NO5. The Balaban J connectivity index is 3.37. The maximum absolute atomic E-state index is 12.6. The van der Waals surface area contributed by atoms with Gasteiger partial charge >= 0.3 is 5.97 Å². The van der Waals surface area contributed by atoms with E-state index in [1.54, 1.807) is 6.08 Å². The summed E-state index contributed by atoms with van der Waals surface area (Å²) in [6.45, 7) is 4.95. The number of aliphatic hydroxyl groups is 2. The number of allylic oxidation sites excluding steroid dienone is 7. The summed E-state index contributed by atoms with van der Waals surface area (Å²) in [4.78, 5) is 24.7. The van der Waals surface area contributed by atoms with Crippen LogP contribution in [-0.4, -0.2) is 47.4 Å². The highest BCUT2D eigenvalue weighted by Gasteiger charge is 2.18. The van der Waals surface area contributed by atoms with E-state index in [1.165, 1.54) is 411 Å². The average molecular weight is 1350 g/mol. The topological polar surface area (TPSA) is 95.9 Å². The molecule has 2 atom stereocenters. The Morgan fingerprint density at radius 2 is 0.521 bits per heavy atom. The van der Waals surface area contributed by atoms with Crippen LogP contribution in [0, 0.1) is 0 Å². The first kappa shape index (κ1) is 93.8. The van der Waals surface area contributed by atoms with Gasteiger partial charge in [-0.2, -0.15) is 0 Å². The fourth-order valence-electron chi connectivity index (χ4n) is 13.9. The highest BCUT2D eigenvalue weighted by Crippen LogP contribution is 2.20. The zero-order chi connectivity index (χ0) is 69.1. The van der Waals surface area contributed by atoms with Gasteiger partial charge in [0.1, 0.15) is 0 Å². The summed E-state index contributed by atoms with van der Waals surface area (Å²) in [6.07, 6.45) is 114. The number of hydrogen-bond acceptors (Lipinski definition) is 5. The van der Waals surface area contributed by atoms with Crippen LogP contribution >= 0.6 is 0 Å². The molecule has 0 aliphatic rings. The van der Waals surface area contributed by atoms with E-state index in [0.717, 1.165) is 51.4 Å². The van der Waals surface area contributed by atoms with Crippen LogP contribution in [0.15, 0.2) is 48.6 Å². The van der Waals surface area contributed by atoms with Crippen molar-refractivity contribution in [1.29, 1.82) is 0 Å². The van der Waals surface area contributed by atoms with Crippen molar-refractivity contribution < 1.29 is 24.5 Å². The molecule has 3 N–H and O–H groups in total. The Hall–Kier alpha value is -2.18. The van der Waals surface area contributed by atoms with Gasteiger partial charge in [-0.05, 0) is 89.9 Å². The molecule has 0 aromatic rings. The number of esters is 1. The Bertz CT molecular complexity index is 1600. The first-order valence-corrected chi connectivity index (χ1v) is 43.9. The van der Waals surface area contributed by atoms with Crippen molar-refractivity contribution in [3.05, 3.63) is 48.6 Å². The lowest BCUT2D eigenvalue weighted by Crippen LogP contribution is -2.45. The SMILES string of the molecule is CCCCCCCC/C=C\CCCCCCCCCC(=O)OCCCCCCCCCCCCCCCCC/C=C\C/C=C\CCCCCCCCCCCCCCCCCCCC(=O)NC(CO)C(O)/C=C/CCCCCCCCCCCCCCCCCCCCCCC. The molecule has 6 heteroatoms. The number of carbonyl (C=O) groups is 2. The van der Waals surface area contributed by atoms with Gasteiger partial charge in [-0.3, -0.25) is 9.59 Å². The molecule has 0 saturated carbocycles. The summed E-state index contributed by atoms with van der Waals surface area (Å²) in [5.74, 6) is -0.0423. The number of nitrogens with one attached hydrogen (secondary N) is 1. The molecule has 0 bridgehead atoms. The minimum Gasteiger partial charge on any atom is -0.466 e. The van der Waals surface area contributed by atoms with E-state index >= 15 is 0 Å². The van der Waals surface area contributed by atoms with E-state index in [0.29, 0.717) is 19.4 Å². The van der Waals surface area contributed by atoms with Gasteiger partial charge in [-0.15, -0.1) is 0 Å². The molecule has 0 fully saturated rings. The van der Waals surface area contributed by atoms with E-state index in [1.807, 2.05) is 6.08 Å². The molecule has 0 aromatic carbocycles. The zero-order valence-corrected chi connectivity index (χ0v) is 65.1. The lowest BCUT2D eigenvalue weighted by molar-refractivity contribution is -0.143. The molecule has 2 unspecified atom stereocenters. The maximum atomic E-state index is 12.6. The lowest BCUT2D eigenvalue weighted by Gasteiger charge is -2.20. The van der Waals surface area contributed by atoms with Crippen LogP contribution in [0.25, 0.3) is 0 Å². The third-order valence-electron chi connectivity index (χ3n) is 20.6. The van der Waals surface area contributed by atoms with Gasteiger partial charge in [0.2, 0.25) is 5.91 Å². The van der Waals surface area contributed by atoms with Crippen LogP contribution in [0.3, 0.4) is 0 Å². The van der Waals surface area contributed by atoms with Gasteiger partial charge in [0.25, 0.3) is 0 Å². The van der Waals surface area contributed by atoms with Crippen molar-refractivity contribution in [2.75, 3.05) is 13.2 Å². The van der Waals surface area contributed by atoms with Crippen LogP contribution in [0.1, 0.15) is 489 Å². The van der Waals surface area contributed by atoms with E-state index in [-0.39, 0.29) is 18.5 Å². The summed E-state index contributed by atoms with van der Waals surface area (Å²) in [6, 6.07) is -0.628. The Morgan fingerprint density at radius 3 is 0.802 bits per heavy atom. The smallest absolute Gasteiger partial charge is 0.305 e. The normalized spacial score (nSPS) is 12.7. The number of aliphatic hydroxyl groups excluding tert-OH is 2. The van der Waals surface area contributed by atoms with Crippen molar-refractivity contribution in [2.24, 2.45) is 0 Å². The van der Waals surface area contributed by atoms with E-state index in [2.05, 4.69) is 55.6 Å². The predicted octanol–water partition coefficient (Wildman–Crippen LogP) is 29.5. The van der Waals surface area contributed by atoms with Crippen molar-refractivity contribution in [2.45, 2.75) is 501 Å². The second kappa shape index (κ2) is 85.2. The van der Waals surface area contributed by atoms with Crippen LogP contribution in [0.2, 0.25) is 0 Å². The molecule has 0 rings (SSSR count). The lowest BCUT2D eigenvalue weighted by atomic mass is 10.0. The minimum atomic E-state index is -0.844. The zero-order valence-electron chi connectivity index (χ0n) is 65.1. The second-order valence-corrected chi connectivity index (χ2v) is 30.2. The fraction of sp³-hybridized carbons (Fsp3) is 0.889. The standard InChI is InChI=1S/C90H171NO5/c1-3-5-7-9-11-13-15-17-19-21-22-23-41-44-47-51-54-58-62-66-70-74-78-82-88(93)87(86-92)91-89(94)83-79-75-71-67-63-59-55-52-48-45-42-39-37-35-33-31-29-27-25-24-26-28-30-32-34-36-38-40-43-46-49-53-57-61-65-69-73-77-81-85-96-90(95)84-80-76-72-68-64-60-56-50-20-18-16-14-12-10-8-6-4-2/h18,20,24-25,28,30,78,82,87-88,92-93H,3-17,19,21-23,26-27,29,31-77,79-81,83-86H2,1-2H3,(H,91,94)/b20-18-,25-24-,30-28-,82-78+. The summed E-state index contributed by atoms with van der Waals surface area (Å²) in [5.41, 5.74) is 0. The Labute approximate surface area is 601 Å². The van der Waals surface area contributed by atoms with Crippen LogP contribution < -0.4 is 5.32 Å². The van der Waals surface area contributed by atoms with E-state index in [9.17, 15) is 19.8 Å². The predicted molar refractivity (Wildman–Crippen MR) is 426 cm³/mol. The summed E-state index contributed by atoms with van der Waals surface area (Å²) >= 11 is 0. The fourth-order valence-corrected chi connectivity index (χ4v) is 13.9. The number of rotatable bonds is 83. The first-order chi connectivity index (χ1) is 47.5. The molecule has 1 amide bonds. The molecule has 6 nitrogen and oxygen atoms in total. The Morgan fingerprint density at radius 1 is 0.292 bits per heavy atom. The molecular weight excluding hydrogens is 1170 g/mol. The largest absolute Gasteiger partial charge is 0.466 e. The first-order valence-electron chi connectivity index (χ1n) is 43.9. The molecule has 0 radical (unpaired) electrons. The van der Waals surface area contributed by atoms with Crippen molar-refractivity contribution >= 4 is 11.9 Å². The van der Waals surface area contributed by atoms with Gasteiger partial charge in [-0.25, -0.2) is 0 Å². The summed E-state index contributed by atoms with van der Waals surface area (Å²) < 4.78 is 5.51. The average Bonchev–Trinajstić information content (AvgIpc) is 3.15. The van der Waals surface area contributed by atoms with Crippen molar-refractivity contribution in [3.63, 3.8) is 0 Å². The second-order valence-electron chi connectivity index (χ2n) is 30.2. The van der Waals surface area contributed by atoms with Crippen LogP contribution in [0.5, 0.6) is 0 Å². The third-order valence-corrected chi connectivity index (χ3v) is 20.6. The van der Waals surface area contributed by atoms with Crippen molar-refractivity contribution in [1.82, 2.24) is 5.32 Å². The monoisotopic (exact) mass is 1350 g/mol. The van der Waals surface area contributed by atoms with Gasteiger partial charge in [0.15, 0.2) is 0 Å². The summed E-state index contributed by atoms with van der Waals surface area (Å²) in [5, 5.41) is 23.3. The molecule has 0 saturated heterocycles. The molecule has 566 valence electrons. The van der Waals surface area contributed by atoms with E-state index < -0.39 is 12.1 Å². The van der Waals surface area contributed by atoms with Gasteiger partial charge in [0, 0.05) is 12.8 Å². The molecule has 0 aliphatic carbocycles. The molecule has 0 aromatic heterocycles. The Kier molecular flexibility index (Phi) is 83.3. The molecule has 0 heterocycles. The van der Waals surface area contributed by atoms with Crippen LogP contribution in [-0.2, 0) is 14.3 Å². The molecule has 0 spiro atoms. The maximum Gasteiger partial charge on any atom is 0.305 e. The number of ether oxygens (including phenoxy) is 1. The quantitative estimate of drug-likeness (QED) is 0.0320. The molecule has 96 heavy (non-hydrogen) atoms. The van der Waals surface area contributed by atoms with Crippen molar-refractivity contribution in [3.8, 4) is 0 Å². The van der Waals surface area contributed by atoms with E-state index in [4.69, 9.17) is 4.74 Å². The number of hydrogen-bond donors (Lipinski definition) is 3. The number of unbranched alkanes of at least 4 members (excludes halogenated alkanes) is 66. The highest BCUT2D eigenvalue weighted by molar-refractivity contribution is 5.76. The number of amides is 1. The minimum absolute atomic E-state index is 0.0176. The molecule has 0 aliphatic heterocycles. The number of carbonyl (C=O) groups excluding carboxylic acids is 2. The van der Waals surface area contributed by atoms with Gasteiger partial charge in [0.05, 0.1) is 25.4 Å². The van der Waals surface area contributed by atoms with Gasteiger partial charge in [-0.1, -0.05) is 435 Å². The highest BCUT2D eigenvalue weighted by atomic mass is 16.5. The summed E-state index contributed by atoms with van der Waals surface area (Å²) in [7, 11) is 0. The van der Waals surface area contributed by atoms with Gasteiger partial charge < -0.3 is 20.3 Å². The third kappa shape index (κ3) is 80.8. The van der Waals surface area contributed by atoms with Crippen LogP contribution in [0.4, 0.5) is 0 Å².